The van der Waals surface area contributed by atoms with Crippen LogP contribution in [0, 0.1) is 0 Å². The van der Waals surface area contributed by atoms with Gasteiger partial charge in [0.05, 0.1) is 0 Å². The molecule has 0 unspecified atom stereocenters. The van der Waals surface area contributed by atoms with E-state index in [1.54, 1.807) is 0 Å². The Morgan fingerprint density at radius 3 is 2.55 bits per heavy atom. The van der Waals surface area contributed by atoms with Crippen LogP contribution >= 0.6 is 0 Å². The fourth-order valence-corrected chi connectivity index (χ4v) is 2.02. The monoisotopic (exact) mass is 261 g/mol. The van der Waals surface area contributed by atoms with E-state index in [1.165, 1.54) is 5.56 Å². The summed E-state index contributed by atoms with van der Waals surface area (Å²) in [5, 5.41) is 0. The van der Waals surface area contributed by atoms with Gasteiger partial charge in [-0.3, -0.25) is 0 Å². The number of oxazole rings is 1. The molecule has 0 radical (unpaired) electrons. The summed E-state index contributed by atoms with van der Waals surface area (Å²) in [4.78, 5) is 4.41. The number of benzene rings is 2. The smallest absolute Gasteiger partial charge is 0.220 e. The minimum atomic E-state index is 0.631. The number of rotatable bonds is 3. The first-order valence-electron chi connectivity index (χ1n) is 6.58. The predicted octanol–water partition coefficient (Wildman–Crippen LogP) is 4.94. The van der Waals surface area contributed by atoms with Crippen molar-refractivity contribution in [2.75, 3.05) is 0 Å². The van der Waals surface area contributed by atoms with Gasteiger partial charge in [-0.25, -0.2) is 4.98 Å². The molecule has 1 heterocycles. The Hall–Kier alpha value is -2.61. The van der Waals surface area contributed by atoms with Gasteiger partial charge in [0.2, 0.25) is 5.89 Å². The fraction of sp³-hybridized carbons (Fsp3) is 0.0556. The first-order chi connectivity index (χ1) is 9.81. The summed E-state index contributed by atoms with van der Waals surface area (Å²) in [5.74, 6) is 0.631. The molecule has 3 rings (SSSR count). The van der Waals surface area contributed by atoms with Crippen molar-refractivity contribution >= 4 is 23.3 Å². The summed E-state index contributed by atoms with van der Waals surface area (Å²) >= 11 is 0. The van der Waals surface area contributed by atoms with Gasteiger partial charge in [0.1, 0.15) is 5.52 Å². The third kappa shape index (κ3) is 2.86. The van der Waals surface area contributed by atoms with Crippen molar-refractivity contribution in [3.05, 3.63) is 77.7 Å². The molecule has 0 saturated carbocycles. The average Bonchev–Trinajstić information content (AvgIpc) is 2.89. The fourth-order valence-electron chi connectivity index (χ4n) is 2.02. The normalized spacial score (nSPS) is 12.3. The van der Waals surface area contributed by atoms with Gasteiger partial charge in [0, 0.05) is 6.08 Å². The van der Waals surface area contributed by atoms with E-state index in [4.69, 9.17) is 4.42 Å². The van der Waals surface area contributed by atoms with Crippen molar-refractivity contribution in [1.29, 1.82) is 0 Å². The minimum absolute atomic E-state index is 0.631. The molecule has 0 saturated heterocycles. The van der Waals surface area contributed by atoms with Crippen LogP contribution in [0.25, 0.3) is 23.3 Å². The summed E-state index contributed by atoms with van der Waals surface area (Å²) in [6.45, 7) is 2.06. The molecule has 2 aromatic carbocycles. The second-order valence-corrected chi connectivity index (χ2v) is 4.65. The maximum absolute atomic E-state index is 5.64. The van der Waals surface area contributed by atoms with E-state index in [0.29, 0.717) is 5.89 Å². The highest BCUT2D eigenvalue weighted by Crippen LogP contribution is 2.16. The van der Waals surface area contributed by atoms with Crippen molar-refractivity contribution in [3.8, 4) is 0 Å². The van der Waals surface area contributed by atoms with Gasteiger partial charge in [-0.1, -0.05) is 60.2 Å². The Morgan fingerprint density at radius 2 is 1.75 bits per heavy atom. The van der Waals surface area contributed by atoms with Crippen molar-refractivity contribution < 1.29 is 4.42 Å². The standard InChI is InChI=1S/C18H15NO/c1-14(13-15-7-3-2-4-8-15)11-12-18-19-16-9-5-6-10-17(16)20-18/h2-13H,1H3. The Labute approximate surface area is 118 Å². The Bertz CT molecular complexity index is 733. The molecule has 0 bridgehead atoms. The zero-order valence-electron chi connectivity index (χ0n) is 11.3. The third-order valence-electron chi connectivity index (χ3n) is 2.99. The molecule has 1 aromatic heterocycles. The molecule has 98 valence electrons. The summed E-state index contributed by atoms with van der Waals surface area (Å²) in [6, 6.07) is 18.0. The van der Waals surface area contributed by atoms with Crippen LogP contribution in [0.5, 0.6) is 0 Å². The maximum atomic E-state index is 5.64. The topological polar surface area (TPSA) is 26.0 Å². The SMILES string of the molecule is CC(C=Cc1nc2ccccc2o1)=Cc1ccccc1. The van der Waals surface area contributed by atoms with Crippen molar-refractivity contribution in [2.24, 2.45) is 0 Å². The van der Waals surface area contributed by atoms with Crippen molar-refractivity contribution in [2.45, 2.75) is 6.92 Å². The van der Waals surface area contributed by atoms with Crippen molar-refractivity contribution in [1.82, 2.24) is 4.98 Å². The predicted molar refractivity (Wildman–Crippen MR) is 83.1 cm³/mol. The summed E-state index contributed by atoms with van der Waals surface area (Å²) in [7, 11) is 0. The molecule has 0 N–H and O–H groups in total. The van der Waals surface area contributed by atoms with Crippen LogP contribution in [0.2, 0.25) is 0 Å². The molecule has 0 aliphatic rings. The maximum Gasteiger partial charge on any atom is 0.220 e. The van der Waals surface area contributed by atoms with Gasteiger partial charge in [-0.15, -0.1) is 0 Å². The zero-order chi connectivity index (χ0) is 13.8. The highest BCUT2D eigenvalue weighted by Gasteiger charge is 2.00. The summed E-state index contributed by atoms with van der Waals surface area (Å²) < 4.78 is 5.64. The van der Waals surface area contributed by atoms with E-state index in [1.807, 2.05) is 54.6 Å². The second-order valence-electron chi connectivity index (χ2n) is 4.65. The molecule has 2 heteroatoms. The molecule has 0 aliphatic heterocycles. The molecule has 20 heavy (non-hydrogen) atoms. The molecule has 2 nitrogen and oxygen atoms in total. The second kappa shape index (κ2) is 5.57. The van der Waals surface area contributed by atoms with Gasteiger partial charge in [-0.2, -0.15) is 0 Å². The Balaban J connectivity index is 1.81. The highest BCUT2D eigenvalue weighted by molar-refractivity contribution is 5.73. The van der Waals surface area contributed by atoms with Gasteiger partial charge in [-0.05, 0) is 24.6 Å². The number of fused-ring (bicyclic) bond motifs is 1. The van der Waals surface area contributed by atoms with Gasteiger partial charge < -0.3 is 4.42 Å². The van der Waals surface area contributed by atoms with Gasteiger partial charge in [0.25, 0.3) is 0 Å². The molecule has 0 fully saturated rings. The van der Waals surface area contributed by atoms with Crippen LogP contribution in [0.3, 0.4) is 0 Å². The lowest BCUT2D eigenvalue weighted by molar-refractivity contribution is 0.589. The molecule has 0 spiro atoms. The molecule has 3 aromatic rings. The number of aromatic nitrogens is 1. The largest absolute Gasteiger partial charge is 0.437 e. The number of nitrogens with zero attached hydrogens (tertiary/aromatic N) is 1. The Kier molecular flexibility index (Phi) is 3.46. The van der Waals surface area contributed by atoms with Crippen molar-refractivity contribution in [3.63, 3.8) is 0 Å². The summed E-state index contributed by atoms with van der Waals surface area (Å²) in [6.07, 6.45) is 6.03. The lowest BCUT2D eigenvalue weighted by atomic mass is 10.1. The van der Waals surface area contributed by atoms with Crippen LogP contribution in [0.4, 0.5) is 0 Å². The van der Waals surface area contributed by atoms with Crippen LogP contribution in [-0.4, -0.2) is 4.98 Å². The molecule has 0 atom stereocenters. The highest BCUT2D eigenvalue weighted by atomic mass is 16.3. The number of hydrogen-bond donors (Lipinski definition) is 0. The minimum Gasteiger partial charge on any atom is -0.437 e. The first kappa shape index (κ1) is 12.4. The average molecular weight is 261 g/mol. The van der Waals surface area contributed by atoms with Gasteiger partial charge >= 0.3 is 0 Å². The molecule has 0 aliphatic carbocycles. The Morgan fingerprint density at radius 1 is 1.00 bits per heavy atom. The molecular formula is C18H15NO. The number of allylic oxidation sites excluding steroid dienone is 2. The number of para-hydroxylation sites is 2. The van der Waals surface area contributed by atoms with E-state index in [0.717, 1.165) is 16.7 Å². The first-order valence-corrected chi connectivity index (χ1v) is 6.58. The number of hydrogen-bond acceptors (Lipinski definition) is 2. The molecular weight excluding hydrogens is 246 g/mol. The van der Waals surface area contributed by atoms with E-state index in [-0.39, 0.29) is 0 Å². The third-order valence-corrected chi connectivity index (χ3v) is 2.99. The van der Waals surface area contributed by atoms with Crippen LogP contribution in [0.1, 0.15) is 18.4 Å². The van der Waals surface area contributed by atoms with Gasteiger partial charge in [0.15, 0.2) is 5.58 Å². The molecule has 0 amide bonds. The van der Waals surface area contributed by atoms with Crippen LogP contribution in [-0.2, 0) is 0 Å². The zero-order valence-corrected chi connectivity index (χ0v) is 11.3. The summed E-state index contributed by atoms with van der Waals surface area (Å²) in [5.41, 5.74) is 4.04. The van der Waals surface area contributed by atoms with E-state index in [9.17, 15) is 0 Å². The van der Waals surface area contributed by atoms with Crippen LogP contribution in [0.15, 0.2) is 70.7 Å². The van der Waals surface area contributed by atoms with E-state index >= 15 is 0 Å². The van der Waals surface area contributed by atoms with Crippen LogP contribution < -0.4 is 0 Å². The lowest BCUT2D eigenvalue weighted by Crippen LogP contribution is -1.74. The van der Waals surface area contributed by atoms with E-state index < -0.39 is 0 Å². The van der Waals surface area contributed by atoms with E-state index in [2.05, 4.69) is 30.1 Å². The quantitative estimate of drug-likeness (QED) is 0.624. The lowest BCUT2D eigenvalue weighted by Gasteiger charge is -1.94.